The fraction of sp³-hybridized carbons (Fsp3) is 0.333. The molecule has 1 unspecified atom stereocenters. The van der Waals surface area contributed by atoms with Crippen LogP contribution in [0.25, 0.3) is 10.8 Å². The molecular weight excluding hydrogens is 468 g/mol. The van der Waals surface area contributed by atoms with Crippen LogP contribution >= 0.6 is 11.6 Å². The van der Waals surface area contributed by atoms with E-state index in [1.807, 2.05) is 36.4 Å². The lowest BCUT2D eigenvalue weighted by atomic mass is 9.95. The van der Waals surface area contributed by atoms with Gasteiger partial charge >= 0.3 is 0 Å². The van der Waals surface area contributed by atoms with Crippen LogP contribution in [0.3, 0.4) is 0 Å². The lowest BCUT2D eigenvalue weighted by Crippen LogP contribution is -2.46. The van der Waals surface area contributed by atoms with Crippen molar-refractivity contribution in [3.05, 3.63) is 59.1 Å². The maximum absolute atomic E-state index is 14.0. The van der Waals surface area contributed by atoms with Gasteiger partial charge in [-0.1, -0.05) is 54.8 Å². The standard InChI is InChI=1S/C27H27ClN2O5/c1-33-22-14-23(34-2)20(13-19(22)28)30-24(31)15-35-21-12-11-16-7-3-6-10-18(16)25(21)26(30)27(32)29-17-8-4-5-9-17/h3,6-7,10-14,17,26H,4-5,8-9,15H2,1-2H3,(H,29,32). The van der Waals surface area contributed by atoms with Crippen molar-refractivity contribution in [2.45, 2.75) is 37.8 Å². The highest BCUT2D eigenvalue weighted by molar-refractivity contribution is 6.32. The van der Waals surface area contributed by atoms with Gasteiger partial charge in [0.1, 0.15) is 23.3 Å². The van der Waals surface area contributed by atoms with E-state index < -0.39 is 6.04 Å². The molecule has 1 aliphatic carbocycles. The first-order valence-corrected chi connectivity index (χ1v) is 12.1. The minimum atomic E-state index is -0.981. The molecule has 0 saturated heterocycles. The second-order valence-corrected chi connectivity index (χ2v) is 9.21. The third-order valence-electron chi connectivity index (χ3n) is 6.74. The van der Waals surface area contributed by atoms with Crippen LogP contribution in [0.15, 0.2) is 48.5 Å². The molecule has 8 heteroatoms. The Bertz CT molecular complexity index is 1290. The maximum atomic E-state index is 14.0. The van der Waals surface area contributed by atoms with E-state index in [1.54, 1.807) is 12.1 Å². The molecule has 0 spiro atoms. The number of hydrogen-bond acceptors (Lipinski definition) is 5. The summed E-state index contributed by atoms with van der Waals surface area (Å²) < 4.78 is 16.9. The molecule has 0 aromatic heterocycles. The van der Waals surface area contributed by atoms with Crippen LogP contribution in [0, 0.1) is 0 Å². The first kappa shape index (κ1) is 23.3. The fourth-order valence-electron chi connectivity index (χ4n) is 5.07. The van der Waals surface area contributed by atoms with Crippen LogP contribution in [-0.2, 0) is 9.59 Å². The predicted octanol–water partition coefficient (Wildman–Crippen LogP) is 5.04. The Hall–Kier alpha value is -3.45. The van der Waals surface area contributed by atoms with Crippen LogP contribution in [0.2, 0.25) is 5.02 Å². The molecule has 1 saturated carbocycles. The van der Waals surface area contributed by atoms with E-state index in [-0.39, 0.29) is 24.5 Å². The summed E-state index contributed by atoms with van der Waals surface area (Å²) in [6.07, 6.45) is 3.98. The summed E-state index contributed by atoms with van der Waals surface area (Å²) >= 11 is 6.48. The third-order valence-corrected chi connectivity index (χ3v) is 7.04. The Labute approximate surface area is 208 Å². The Kier molecular flexibility index (Phi) is 6.43. The zero-order valence-electron chi connectivity index (χ0n) is 19.7. The van der Waals surface area contributed by atoms with Gasteiger partial charge in [-0.05, 0) is 35.7 Å². The highest BCUT2D eigenvalue weighted by atomic mass is 35.5. The van der Waals surface area contributed by atoms with Crippen LogP contribution in [0.5, 0.6) is 17.2 Å². The summed E-state index contributed by atoms with van der Waals surface area (Å²) in [7, 11) is 3.01. The zero-order valence-corrected chi connectivity index (χ0v) is 20.4. The van der Waals surface area contributed by atoms with Gasteiger partial charge in [-0.2, -0.15) is 0 Å². The monoisotopic (exact) mass is 494 g/mol. The molecule has 1 N–H and O–H groups in total. The van der Waals surface area contributed by atoms with Crippen LogP contribution < -0.4 is 24.4 Å². The number of ether oxygens (including phenoxy) is 3. The van der Waals surface area contributed by atoms with Crippen molar-refractivity contribution < 1.29 is 23.8 Å². The summed E-state index contributed by atoms with van der Waals surface area (Å²) in [5, 5.41) is 5.28. The number of anilines is 1. The van der Waals surface area contributed by atoms with Crippen molar-refractivity contribution in [2.24, 2.45) is 0 Å². The fourth-order valence-corrected chi connectivity index (χ4v) is 5.31. The average molecular weight is 495 g/mol. The third kappa shape index (κ3) is 4.25. The summed E-state index contributed by atoms with van der Waals surface area (Å²) in [5.41, 5.74) is 1.01. The summed E-state index contributed by atoms with van der Waals surface area (Å²) in [5.74, 6) is 0.633. The lowest BCUT2D eigenvalue weighted by Gasteiger charge is -2.32. The summed E-state index contributed by atoms with van der Waals surface area (Å²) in [4.78, 5) is 29.0. The maximum Gasteiger partial charge on any atom is 0.266 e. The number of fused-ring (bicyclic) bond motifs is 3. The number of methoxy groups -OCH3 is 2. The Morgan fingerprint density at radius 1 is 1.06 bits per heavy atom. The number of benzene rings is 3. The molecular formula is C27H27ClN2O5. The molecule has 35 heavy (non-hydrogen) atoms. The molecule has 2 amide bonds. The largest absolute Gasteiger partial charge is 0.495 e. The number of halogens is 1. The number of carbonyl (C=O) groups is 2. The smallest absolute Gasteiger partial charge is 0.266 e. The molecule has 0 bridgehead atoms. The predicted molar refractivity (Wildman–Crippen MR) is 135 cm³/mol. The van der Waals surface area contributed by atoms with Gasteiger partial charge in [-0.25, -0.2) is 0 Å². The van der Waals surface area contributed by atoms with Gasteiger partial charge in [0, 0.05) is 17.7 Å². The molecule has 2 aliphatic rings. The first-order chi connectivity index (χ1) is 17.0. The van der Waals surface area contributed by atoms with E-state index >= 15 is 0 Å². The van der Waals surface area contributed by atoms with Gasteiger partial charge in [0.25, 0.3) is 5.91 Å². The molecule has 0 radical (unpaired) electrons. The molecule has 1 aliphatic heterocycles. The second kappa shape index (κ2) is 9.66. The first-order valence-electron chi connectivity index (χ1n) is 11.7. The molecule has 7 nitrogen and oxygen atoms in total. The SMILES string of the molecule is COc1cc(OC)c(N2C(=O)COc3ccc4ccccc4c3C2C(=O)NC2CCCC2)cc1Cl. The molecule has 3 aromatic rings. The number of nitrogens with zero attached hydrogens (tertiary/aromatic N) is 1. The van der Waals surface area contributed by atoms with Crippen molar-refractivity contribution >= 4 is 39.9 Å². The van der Waals surface area contributed by atoms with Gasteiger partial charge in [-0.15, -0.1) is 0 Å². The van der Waals surface area contributed by atoms with Gasteiger partial charge < -0.3 is 19.5 Å². The minimum Gasteiger partial charge on any atom is -0.495 e. The number of rotatable bonds is 5. The lowest BCUT2D eigenvalue weighted by molar-refractivity contribution is -0.127. The molecule has 1 heterocycles. The van der Waals surface area contributed by atoms with Crippen molar-refractivity contribution in [1.29, 1.82) is 0 Å². The van der Waals surface area contributed by atoms with Gasteiger partial charge in [0.2, 0.25) is 5.91 Å². The highest BCUT2D eigenvalue weighted by Gasteiger charge is 2.40. The quantitative estimate of drug-likeness (QED) is 0.538. The topological polar surface area (TPSA) is 77.1 Å². The van der Waals surface area contributed by atoms with Crippen LogP contribution in [-0.4, -0.2) is 38.7 Å². The molecule has 1 atom stereocenters. The zero-order chi connectivity index (χ0) is 24.5. The number of carbonyl (C=O) groups excluding carboxylic acids is 2. The van der Waals surface area contributed by atoms with Crippen molar-refractivity contribution in [3.63, 3.8) is 0 Å². The summed E-state index contributed by atoms with van der Waals surface area (Å²) in [6, 6.07) is 13.8. The highest BCUT2D eigenvalue weighted by Crippen LogP contribution is 2.45. The van der Waals surface area contributed by atoms with E-state index in [4.69, 9.17) is 25.8 Å². The Morgan fingerprint density at radius 2 is 1.80 bits per heavy atom. The second-order valence-electron chi connectivity index (χ2n) is 8.80. The van der Waals surface area contributed by atoms with E-state index in [9.17, 15) is 9.59 Å². The normalized spacial score (nSPS) is 18.1. The van der Waals surface area contributed by atoms with Crippen molar-refractivity contribution in [2.75, 3.05) is 25.7 Å². The average Bonchev–Trinajstić information content (AvgIpc) is 3.33. The Morgan fingerprint density at radius 3 is 2.54 bits per heavy atom. The molecule has 3 aromatic carbocycles. The van der Waals surface area contributed by atoms with Gasteiger partial charge in [-0.3, -0.25) is 14.5 Å². The number of hydrogen-bond donors (Lipinski definition) is 1. The van der Waals surface area contributed by atoms with E-state index in [1.165, 1.54) is 19.1 Å². The number of nitrogens with one attached hydrogen (secondary N) is 1. The van der Waals surface area contributed by atoms with E-state index in [2.05, 4.69) is 5.32 Å². The molecule has 1 fully saturated rings. The van der Waals surface area contributed by atoms with Crippen LogP contribution in [0.4, 0.5) is 5.69 Å². The van der Waals surface area contributed by atoms with Crippen molar-refractivity contribution in [1.82, 2.24) is 5.32 Å². The van der Waals surface area contributed by atoms with Gasteiger partial charge in [0.05, 0.1) is 24.9 Å². The number of amides is 2. The minimum absolute atomic E-state index is 0.0726. The Balaban J connectivity index is 1.73. The molecule has 5 rings (SSSR count). The van der Waals surface area contributed by atoms with Crippen molar-refractivity contribution in [3.8, 4) is 17.2 Å². The molecule has 182 valence electrons. The van der Waals surface area contributed by atoms with E-state index in [0.717, 1.165) is 36.5 Å². The van der Waals surface area contributed by atoms with Gasteiger partial charge in [0.15, 0.2) is 6.61 Å². The van der Waals surface area contributed by atoms with Crippen LogP contribution in [0.1, 0.15) is 37.3 Å². The van der Waals surface area contributed by atoms with E-state index in [0.29, 0.717) is 33.5 Å². The summed E-state index contributed by atoms with van der Waals surface area (Å²) in [6.45, 7) is -0.231.